The lowest BCUT2D eigenvalue weighted by Gasteiger charge is -2.15. The van der Waals surface area contributed by atoms with Crippen LogP contribution in [0.25, 0.3) is 0 Å². The lowest BCUT2D eigenvalue weighted by molar-refractivity contribution is -0.149. The summed E-state index contributed by atoms with van der Waals surface area (Å²) in [6.45, 7) is 3.09. The summed E-state index contributed by atoms with van der Waals surface area (Å²) >= 11 is 0. The van der Waals surface area contributed by atoms with Gasteiger partial charge in [-0.25, -0.2) is 0 Å². The Balaban J connectivity index is 3.19. The molecule has 14 heavy (non-hydrogen) atoms. The summed E-state index contributed by atoms with van der Waals surface area (Å²) in [5, 5.41) is 3.88. The number of nitrogens with zero attached hydrogens (tertiary/aromatic N) is 2. The van der Waals surface area contributed by atoms with Gasteiger partial charge in [-0.2, -0.15) is 18.3 Å². The fraction of sp³-hybridized carbons (Fsp3) is 0.625. The molecule has 3 nitrogen and oxygen atoms in total. The molecule has 1 unspecified atom stereocenters. The molecule has 0 saturated heterocycles. The van der Waals surface area contributed by atoms with E-state index in [2.05, 4.69) is 5.10 Å². The Hall–Kier alpha value is -1.04. The smallest absolute Gasteiger partial charge is 0.316 e. The molecule has 0 bridgehead atoms. The minimum atomic E-state index is -4.42. The van der Waals surface area contributed by atoms with Crippen LogP contribution in [0, 0.1) is 13.8 Å². The standard InChI is InChI=1S/C8H12F3N3/c1-4-6(5(2)14(3)13-4)7(12)8(9,10)11/h7H,12H2,1-3H3. The molecule has 80 valence electrons. The van der Waals surface area contributed by atoms with Gasteiger partial charge in [0.05, 0.1) is 5.69 Å². The van der Waals surface area contributed by atoms with E-state index < -0.39 is 12.2 Å². The summed E-state index contributed by atoms with van der Waals surface area (Å²) in [5.41, 5.74) is 5.96. The Kier molecular flexibility index (Phi) is 2.58. The van der Waals surface area contributed by atoms with E-state index in [1.165, 1.54) is 11.6 Å². The van der Waals surface area contributed by atoms with Crippen LogP contribution in [0.3, 0.4) is 0 Å². The van der Waals surface area contributed by atoms with Gasteiger partial charge in [0.25, 0.3) is 0 Å². The van der Waals surface area contributed by atoms with Crippen LogP contribution in [0.2, 0.25) is 0 Å². The van der Waals surface area contributed by atoms with Gasteiger partial charge >= 0.3 is 6.18 Å². The van der Waals surface area contributed by atoms with Crippen molar-refractivity contribution in [3.05, 3.63) is 17.0 Å². The van der Waals surface area contributed by atoms with Crippen LogP contribution in [0.15, 0.2) is 0 Å². The molecule has 0 spiro atoms. The van der Waals surface area contributed by atoms with E-state index in [0.717, 1.165) is 0 Å². The first-order valence-corrected chi connectivity index (χ1v) is 4.07. The van der Waals surface area contributed by atoms with Crippen LogP contribution >= 0.6 is 0 Å². The highest BCUT2D eigenvalue weighted by Crippen LogP contribution is 2.33. The maximum Gasteiger partial charge on any atom is 0.407 e. The minimum Gasteiger partial charge on any atom is -0.316 e. The molecule has 1 atom stereocenters. The third-order valence-corrected chi connectivity index (χ3v) is 2.23. The molecule has 6 heteroatoms. The molecular formula is C8H12F3N3. The van der Waals surface area contributed by atoms with Gasteiger partial charge in [-0.15, -0.1) is 0 Å². The van der Waals surface area contributed by atoms with Gasteiger partial charge in [0, 0.05) is 18.3 Å². The zero-order valence-corrected chi connectivity index (χ0v) is 8.18. The van der Waals surface area contributed by atoms with Gasteiger partial charge in [-0.1, -0.05) is 0 Å². The van der Waals surface area contributed by atoms with E-state index in [1.807, 2.05) is 0 Å². The Labute approximate surface area is 79.7 Å². The van der Waals surface area contributed by atoms with Crippen LogP contribution in [-0.2, 0) is 7.05 Å². The van der Waals surface area contributed by atoms with Gasteiger partial charge in [-0.3, -0.25) is 4.68 Å². The molecule has 0 aliphatic carbocycles. The van der Waals surface area contributed by atoms with Crippen LogP contribution in [0.4, 0.5) is 13.2 Å². The summed E-state index contributed by atoms with van der Waals surface area (Å²) in [5.74, 6) is 0. The summed E-state index contributed by atoms with van der Waals surface area (Å²) in [6.07, 6.45) is -4.42. The molecule has 0 aliphatic heterocycles. The highest BCUT2D eigenvalue weighted by molar-refractivity contribution is 5.28. The minimum absolute atomic E-state index is 0.0694. The number of halogens is 3. The lowest BCUT2D eigenvalue weighted by atomic mass is 10.1. The van der Waals surface area contributed by atoms with Crippen molar-refractivity contribution >= 4 is 0 Å². The predicted octanol–water partition coefficient (Wildman–Crippen LogP) is 1.60. The van der Waals surface area contributed by atoms with Crippen LogP contribution in [0.1, 0.15) is 23.0 Å². The Morgan fingerprint density at radius 2 is 1.86 bits per heavy atom. The van der Waals surface area contributed by atoms with Crippen LogP contribution in [-0.4, -0.2) is 16.0 Å². The monoisotopic (exact) mass is 207 g/mol. The van der Waals surface area contributed by atoms with Crippen molar-refractivity contribution in [1.29, 1.82) is 0 Å². The third kappa shape index (κ3) is 1.75. The first-order valence-electron chi connectivity index (χ1n) is 4.07. The fourth-order valence-electron chi connectivity index (χ4n) is 1.40. The summed E-state index contributed by atoms with van der Waals surface area (Å²) < 4.78 is 38.4. The van der Waals surface area contributed by atoms with Gasteiger partial charge in [0.1, 0.15) is 6.04 Å². The predicted molar refractivity (Wildman–Crippen MR) is 45.7 cm³/mol. The summed E-state index contributed by atoms with van der Waals surface area (Å²) in [7, 11) is 1.59. The molecule has 0 radical (unpaired) electrons. The van der Waals surface area contributed by atoms with E-state index in [1.54, 1.807) is 14.0 Å². The van der Waals surface area contributed by atoms with Gasteiger partial charge in [0.15, 0.2) is 0 Å². The summed E-state index contributed by atoms with van der Waals surface area (Å²) in [6, 6.07) is -1.95. The van der Waals surface area contributed by atoms with E-state index >= 15 is 0 Å². The summed E-state index contributed by atoms with van der Waals surface area (Å²) in [4.78, 5) is 0. The molecule has 0 fully saturated rings. The van der Waals surface area contributed by atoms with E-state index in [-0.39, 0.29) is 5.56 Å². The molecule has 0 aliphatic rings. The van der Waals surface area contributed by atoms with Crippen molar-refractivity contribution in [2.75, 3.05) is 0 Å². The molecular weight excluding hydrogens is 195 g/mol. The second kappa shape index (κ2) is 3.27. The number of rotatable bonds is 1. The number of hydrogen-bond donors (Lipinski definition) is 1. The number of aromatic nitrogens is 2. The van der Waals surface area contributed by atoms with Crippen molar-refractivity contribution in [3.63, 3.8) is 0 Å². The maximum absolute atomic E-state index is 12.3. The molecule has 0 amide bonds. The highest BCUT2D eigenvalue weighted by atomic mass is 19.4. The number of aryl methyl sites for hydroxylation is 2. The van der Waals surface area contributed by atoms with E-state index in [0.29, 0.717) is 11.4 Å². The SMILES string of the molecule is Cc1nn(C)c(C)c1C(N)C(F)(F)F. The van der Waals surface area contributed by atoms with E-state index in [9.17, 15) is 13.2 Å². The van der Waals surface area contributed by atoms with Gasteiger partial charge in [0.2, 0.25) is 0 Å². The Bertz CT molecular complexity index is 340. The van der Waals surface area contributed by atoms with Crippen molar-refractivity contribution < 1.29 is 13.2 Å². The first kappa shape index (κ1) is 11.0. The Morgan fingerprint density at radius 3 is 2.14 bits per heavy atom. The number of hydrogen-bond acceptors (Lipinski definition) is 2. The lowest BCUT2D eigenvalue weighted by Crippen LogP contribution is -2.29. The average molecular weight is 207 g/mol. The van der Waals surface area contributed by atoms with Crippen LogP contribution in [0.5, 0.6) is 0 Å². The first-order chi connectivity index (χ1) is 6.25. The molecule has 0 saturated carbocycles. The van der Waals surface area contributed by atoms with E-state index in [4.69, 9.17) is 5.73 Å². The second-order valence-electron chi connectivity index (χ2n) is 3.23. The number of alkyl halides is 3. The van der Waals surface area contributed by atoms with Crippen molar-refractivity contribution in [2.24, 2.45) is 12.8 Å². The average Bonchev–Trinajstić information content (AvgIpc) is 2.24. The quantitative estimate of drug-likeness (QED) is 0.760. The number of nitrogens with two attached hydrogens (primary N) is 1. The topological polar surface area (TPSA) is 43.8 Å². The normalized spacial score (nSPS) is 14.5. The Morgan fingerprint density at radius 1 is 1.36 bits per heavy atom. The fourth-order valence-corrected chi connectivity index (χ4v) is 1.40. The van der Waals surface area contributed by atoms with Gasteiger partial charge < -0.3 is 5.73 Å². The molecule has 2 N–H and O–H groups in total. The van der Waals surface area contributed by atoms with Crippen molar-refractivity contribution in [2.45, 2.75) is 26.1 Å². The van der Waals surface area contributed by atoms with Crippen molar-refractivity contribution in [1.82, 2.24) is 9.78 Å². The molecule has 1 heterocycles. The van der Waals surface area contributed by atoms with Crippen LogP contribution < -0.4 is 5.73 Å². The van der Waals surface area contributed by atoms with Gasteiger partial charge in [-0.05, 0) is 13.8 Å². The van der Waals surface area contributed by atoms with Crippen molar-refractivity contribution in [3.8, 4) is 0 Å². The second-order valence-corrected chi connectivity index (χ2v) is 3.23. The molecule has 1 aromatic rings. The zero-order chi connectivity index (χ0) is 11.1. The highest BCUT2D eigenvalue weighted by Gasteiger charge is 2.40. The maximum atomic E-state index is 12.3. The molecule has 0 aromatic carbocycles. The molecule has 1 rings (SSSR count). The zero-order valence-electron chi connectivity index (χ0n) is 8.18. The molecule has 1 aromatic heterocycles. The third-order valence-electron chi connectivity index (χ3n) is 2.23. The largest absolute Gasteiger partial charge is 0.407 e.